The van der Waals surface area contributed by atoms with E-state index in [0.717, 1.165) is 0 Å². The molecule has 0 aliphatic carbocycles. The summed E-state index contributed by atoms with van der Waals surface area (Å²) in [6.07, 6.45) is -1.57. The number of ether oxygens (including phenoxy) is 4. The molecule has 18 heavy (non-hydrogen) atoms. The summed E-state index contributed by atoms with van der Waals surface area (Å²) in [6, 6.07) is 0. The summed E-state index contributed by atoms with van der Waals surface area (Å²) in [5.74, 6) is -0.736. The van der Waals surface area contributed by atoms with Crippen molar-refractivity contribution in [1.82, 2.24) is 0 Å². The molecule has 0 bridgehead atoms. The van der Waals surface area contributed by atoms with Gasteiger partial charge in [0.1, 0.15) is 24.4 Å². The van der Waals surface area contributed by atoms with E-state index in [1.54, 1.807) is 19.9 Å². The van der Waals surface area contributed by atoms with Crippen LogP contribution in [-0.4, -0.2) is 59.9 Å². The third-order valence-corrected chi connectivity index (χ3v) is 3.00. The van der Waals surface area contributed by atoms with Gasteiger partial charge in [0.2, 0.25) is 0 Å². The number of hydrogen-bond donors (Lipinski definition) is 2. The van der Waals surface area contributed by atoms with Crippen LogP contribution in [0.15, 0.2) is 12.7 Å². The van der Waals surface area contributed by atoms with E-state index >= 15 is 0 Å². The van der Waals surface area contributed by atoms with Gasteiger partial charge in [-0.05, 0) is 13.8 Å². The van der Waals surface area contributed by atoms with Gasteiger partial charge in [-0.3, -0.25) is 0 Å². The maximum Gasteiger partial charge on any atom is 0.190 e. The van der Waals surface area contributed by atoms with Crippen molar-refractivity contribution in [3.05, 3.63) is 12.7 Å². The fourth-order valence-corrected chi connectivity index (χ4v) is 2.29. The van der Waals surface area contributed by atoms with Crippen LogP contribution >= 0.6 is 0 Å². The molecule has 0 saturated carbocycles. The van der Waals surface area contributed by atoms with Crippen molar-refractivity contribution in [1.29, 1.82) is 0 Å². The van der Waals surface area contributed by atoms with Crippen LogP contribution in [0.1, 0.15) is 13.8 Å². The van der Waals surface area contributed by atoms with Crippen LogP contribution in [0, 0.1) is 0 Å². The summed E-state index contributed by atoms with van der Waals surface area (Å²) in [7, 11) is 0. The molecule has 0 radical (unpaired) electrons. The monoisotopic (exact) mass is 260 g/mol. The predicted molar refractivity (Wildman–Crippen MR) is 61.7 cm³/mol. The highest BCUT2D eigenvalue weighted by molar-refractivity contribution is 4.97. The van der Waals surface area contributed by atoms with Gasteiger partial charge in [-0.2, -0.15) is 0 Å². The van der Waals surface area contributed by atoms with E-state index in [2.05, 4.69) is 6.58 Å². The van der Waals surface area contributed by atoms with Crippen LogP contribution in [0.25, 0.3) is 0 Å². The molecule has 2 N–H and O–H groups in total. The second-order valence-corrected chi connectivity index (χ2v) is 4.91. The molecule has 2 aliphatic rings. The fourth-order valence-electron chi connectivity index (χ4n) is 2.29. The Labute approximate surface area is 106 Å². The molecule has 6 heteroatoms. The van der Waals surface area contributed by atoms with Crippen molar-refractivity contribution in [3.63, 3.8) is 0 Å². The summed E-state index contributed by atoms with van der Waals surface area (Å²) in [5, 5.41) is 18.7. The Morgan fingerprint density at radius 2 is 2.17 bits per heavy atom. The van der Waals surface area contributed by atoms with Crippen LogP contribution in [0.5, 0.6) is 0 Å². The third kappa shape index (κ3) is 2.59. The molecule has 2 aliphatic heterocycles. The first-order valence-corrected chi connectivity index (χ1v) is 6.01. The summed E-state index contributed by atoms with van der Waals surface area (Å²) in [5.41, 5.74) is 0. The largest absolute Gasteiger partial charge is 0.394 e. The molecule has 104 valence electrons. The maximum absolute atomic E-state index is 9.72. The molecule has 1 unspecified atom stereocenters. The Morgan fingerprint density at radius 3 is 2.78 bits per heavy atom. The van der Waals surface area contributed by atoms with Gasteiger partial charge >= 0.3 is 0 Å². The van der Waals surface area contributed by atoms with Gasteiger partial charge in [-0.15, -0.1) is 6.58 Å². The van der Waals surface area contributed by atoms with Crippen LogP contribution in [0.4, 0.5) is 0 Å². The van der Waals surface area contributed by atoms with Crippen molar-refractivity contribution >= 4 is 0 Å². The highest BCUT2D eigenvalue weighted by Gasteiger charge is 2.56. The smallest absolute Gasteiger partial charge is 0.190 e. The van der Waals surface area contributed by atoms with Crippen LogP contribution < -0.4 is 0 Å². The minimum absolute atomic E-state index is 0.315. The predicted octanol–water partition coefficient (Wildman–Crippen LogP) is -0.213. The van der Waals surface area contributed by atoms with Crippen LogP contribution in [-0.2, 0) is 18.9 Å². The first-order chi connectivity index (χ1) is 8.48. The van der Waals surface area contributed by atoms with Gasteiger partial charge in [0.25, 0.3) is 0 Å². The number of rotatable bonds is 5. The van der Waals surface area contributed by atoms with Crippen molar-refractivity contribution in [3.8, 4) is 0 Å². The molecule has 0 aromatic heterocycles. The van der Waals surface area contributed by atoms with Crippen LogP contribution in [0.2, 0.25) is 0 Å². The molecule has 0 aromatic rings. The SMILES string of the molecule is C=CCO[C@@H]1[C@H]2OC(C)(C)O[C@H]2O[C@@H]1C(O)CO. The second kappa shape index (κ2) is 5.24. The average molecular weight is 260 g/mol. The molecule has 0 aromatic carbocycles. The quantitative estimate of drug-likeness (QED) is 0.666. The van der Waals surface area contributed by atoms with E-state index in [0.29, 0.717) is 6.61 Å². The lowest BCUT2D eigenvalue weighted by molar-refractivity contribution is -0.230. The maximum atomic E-state index is 9.72. The lowest BCUT2D eigenvalue weighted by atomic mass is 10.1. The van der Waals surface area contributed by atoms with Gasteiger partial charge in [0.15, 0.2) is 12.1 Å². The van der Waals surface area contributed by atoms with Crippen molar-refractivity contribution in [2.75, 3.05) is 13.2 Å². The van der Waals surface area contributed by atoms with Crippen LogP contribution in [0.3, 0.4) is 0 Å². The van der Waals surface area contributed by atoms with E-state index in [1.165, 1.54) is 0 Å². The molecule has 2 rings (SSSR count). The average Bonchev–Trinajstić information content (AvgIpc) is 2.77. The number of fused-ring (bicyclic) bond motifs is 1. The topological polar surface area (TPSA) is 77.4 Å². The number of hydrogen-bond acceptors (Lipinski definition) is 6. The molecular weight excluding hydrogens is 240 g/mol. The molecule has 2 saturated heterocycles. The summed E-state index contributed by atoms with van der Waals surface area (Å²) >= 11 is 0. The summed E-state index contributed by atoms with van der Waals surface area (Å²) in [6.45, 7) is 7.07. The fraction of sp³-hybridized carbons (Fsp3) is 0.833. The zero-order valence-electron chi connectivity index (χ0n) is 10.6. The number of aliphatic hydroxyl groups excluding tert-OH is 2. The first-order valence-electron chi connectivity index (χ1n) is 6.01. The molecule has 0 spiro atoms. The van der Waals surface area contributed by atoms with Gasteiger partial charge in [-0.25, -0.2) is 0 Å². The van der Waals surface area contributed by atoms with Gasteiger partial charge in [-0.1, -0.05) is 6.08 Å². The summed E-state index contributed by atoms with van der Waals surface area (Å²) in [4.78, 5) is 0. The zero-order valence-corrected chi connectivity index (χ0v) is 10.6. The van der Waals surface area contributed by atoms with E-state index in [-0.39, 0.29) is 0 Å². The van der Waals surface area contributed by atoms with Crippen molar-refractivity contribution < 1.29 is 29.2 Å². The zero-order chi connectivity index (χ0) is 13.3. The van der Waals surface area contributed by atoms with E-state index in [9.17, 15) is 5.11 Å². The van der Waals surface area contributed by atoms with E-state index < -0.39 is 43.1 Å². The highest BCUT2D eigenvalue weighted by Crippen LogP contribution is 2.39. The Balaban J connectivity index is 2.09. The van der Waals surface area contributed by atoms with E-state index in [1.807, 2.05) is 0 Å². The first kappa shape index (κ1) is 13.9. The van der Waals surface area contributed by atoms with E-state index in [4.69, 9.17) is 24.1 Å². The van der Waals surface area contributed by atoms with Gasteiger partial charge < -0.3 is 29.2 Å². The Morgan fingerprint density at radius 1 is 1.44 bits per heavy atom. The Kier molecular flexibility index (Phi) is 4.05. The molecule has 2 fully saturated rings. The highest BCUT2D eigenvalue weighted by atomic mass is 16.8. The normalized spacial score (nSPS) is 39.6. The second-order valence-electron chi connectivity index (χ2n) is 4.91. The molecule has 0 amide bonds. The van der Waals surface area contributed by atoms with Crippen molar-refractivity contribution in [2.24, 2.45) is 0 Å². The lowest BCUT2D eigenvalue weighted by Gasteiger charge is -2.27. The third-order valence-electron chi connectivity index (χ3n) is 3.00. The Hall–Kier alpha value is -0.500. The summed E-state index contributed by atoms with van der Waals surface area (Å²) < 4.78 is 22.4. The van der Waals surface area contributed by atoms with Crippen molar-refractivity contribution in [2.45, 2.75) is 50.3 Å². The lowest BCUT2D eigenvalue weighted by Crippen LogP contribution is -2.44. The molecular formula is C12H20O6. The van der Waals surface area contributed by atoms with Gasteiger partial charge in [0, 0.05) is 0 Å². The molecule has 5 atom stereocenters. The standard InChI is InChI=1S/C12H20O6/c1-4-5-15-9-8(7(14)6-13)16-11-10(9)17-12(2,3)18-11/h4,7-11,13-14H,1,5-6H2,2-3H3/t7?,8-,9+,10-,11-/m1/s1. The molecule has 6 nitrogen and oxygen atoms in total. The number of aliphatic hydroxyl groups is 2. The minimum atomic E-state index is -1.03. The Bertz CT molecular complexity index is 305. The minimum Gasteiger partial charge on any atom is -0.394 e. The van der Waals surface area contributed by atoms with Gasteiger partial charge in [0.05, 0.1) is 13.2 Å². The molecule has 2 heterocycles.